The van der Waals surface area contributed by atoms with Gasteiger partial charge in [-0.3, -0.25) is 9.78 Å². The molecule has 2 saturated heterocycles. The second-order valence-electron chi connectivity index (χ2n) is 4.68. The topological polar surface area (TPSA) is 190 Å². The maximum Gasteiger partial charge on any atom is 0.573 e. The van der Waals surface area contributed by atoms with Gasteiger partial charge in [0.1, 0.15) is 13.2 Å². The van der Waals surface area contributed by atoms with Crippen molar-refractivity contribution in [3.05, 3.63) is 0 Å². The van der Waals surface area contributed by atoms with Crippen LogP contribution < -0.4 is 0 Å². The Morgan fingerprint density at radius 2 is 1.31 bits per heavy atom. The van der Waals surface area contributed by atoms with Gasteiger partial charge in [-0.2, -0.15) is 14.6 Å². The van der Waals surface area contributed by atoms with Crippen LogP contribution in [0.15, 0.2) is 0 Å². The monoisotopic (exact) mass is 390 g/mol. The number of hydrogen-bond donors (Lipinski definition) is 4. The summed E-state index contributed by atoms with van der Waals surface area (Å²) in [6, 6.07) is 0. The molecule has 4 atom stereocenters. The largest absolute Gasteiger partial charge is 0.573 e. The first kappa shape index (κ1) is 21.1. The zero-order chi connectivity index (χ0) is 19.0. The molecule has 0 amide bonds. The first-order chi connectivity index (χ1) is 12.5. The summed E-state index contributed by atoms with van der Waals surface area (Å²) in [6.45, 7) is -3.66. The molecule has 4 unspecified atom stereocenters. The molecule has 15 heteroatoms. The van der Waals surface area contributed by atoms with Gasteiger partial charge >= 0.3 is 6.16 Å². The number of carbonyl (C=O) groups is 1. The molecule has 2 aliphatic rings. The Morgan fingerprint density at radius 3 is 1.62 bits per heavy atom. The SMILES string of the molecule is O=C(OOCOC1(CO)OCOC1O)OOCOC1(CO)OCOC1O. The summed E-state index contributed by atoms with van der Waals surface area (Å²) in [4.78, 5) is 28.0. The molecule has 0 spiro atoms. The number of carbonyl (C=O) groups excluding carboxylic acids is 1. The zero-order valence-electron chi connectivity index (χ0n) is 13.2. The molecule has 0 bridgehead atoms. The number of rotatable bonds is 10. The molecule has 0 radical (unpaired) electrons. The molecule has 0 aliphatic carbocycles. The third-order valence-corrected chi connectivity index (χ3v) is 3.21. The lowest BCUT2D eigenvalue weighted by molar-refractivity contribution is -0.399. The van der Waals surface area contributed by atoms with E-state index in [0.29, 0.717) is 0 Å². The maximum absolute atomic E-state index is 11.1. The van der Waals surface area contributed by atoms with Crippen molar-refractivity contribution in [2.24, 2.45) is 0 Å². The van der Waals surface area contributed by atoms with E-state index in [1.54, 1.807) is 0 Å². The van der Waals surface area contributed by atoms with Crippen LogP contribution in [0.1, 0.15) is 0 Å². The quantitative estimate of drug-likeness (QED) is 0.127. The van der Waals surface area contributed by atoms with E-state index in [0.717, 1.165) is 0 Å². The van der Waals surface area contributed by atoms with E-state index in [1.165, 1.54) is 0 Å². The Bertz CT molecular complexity index is 409. The average molecular weight is 390 g/mol. The van der Waals surface area contributed by atoms with Gasteiger partial charge in [0.15, 0.2) is 27.2 Å². The second kappa shape index (κ2) is 9.65. The van der Waals surface area contributed by atoms with Gasteiger partial charge in [0.25, 0.3) is 0 Å². The predicted molar refractivity (Wildman–Crippen MR) is 67.4 cm³/mol. The van der Waals surface area contributed by atoms with Gasteiger partial charge in [-0.05, 0) is 0 Å². The first-order valence-electron chi connectivity index (χ1n) is 6.98. The normalized spacial score (nSPS) is 34.2. The van der Waals surface area contributed by atoms with Crippen LogP contribution in [-0.2, 0) is 48.0 Å². The third-order valence-electron chi connectivity index (χ3n) is 3.21. The molecule has 15 nitrogen and oxygen atoms in total. The molecule has 0 saturated carbocycles. The van der Waals surface area contributed by atoms with E-state index in [1.807, 2.05) is 0 Å². The average Bonchev–Trinajstić information content (AvgIpc) is 3.19. The lowest BCUT2D eigenvalue weighted by atomic mass is 10.3. The molecule has 2 rings (SSSR count). The smallest absolute Gasteiger partial charge is 0.391 e. The van der Waals surface area contributed by atoms with Gasteiger partial charge in [-0.1, -0.05) is 0 Å². The van der Waals surface area contributed by atoms with Crippen LogP contribution in [0.2, 0.25) is 0 Å². The van der Waals surface area contributed by atoms with Crippen LogP contribution in [0, 0.1) is 0 Å². The van der Waals surface area contributed by atoms with Crippen LogP contribution in [0.3, 0.4) is 0 Å². The minimum atomic E-state index is -1.87. The van der Waals surface area contributed by atoms with Crippen LogP contribution in [-0.4, -0.2) is 91.1 Å². The Kier molecular flexibility index (Phi) is 7.83. The van der Waals surface area contributed by atoms with Crippen LogP contribution in [0.5, 0.6) is 0 Å². The molecule has 0 aromatic heterocycles. The minimum absolute atomic E-state index is 0.322. The molecule has 2 fully saturated rings. The predicted octanol–water partition coefficient (Wildman–Crippen LogP) is -3.03. The summed E-state index contributed by atoms with van der Waals surface area (Å²) >= 11 is 0. The Labute approximate surface area is 145 Å². The van der Waals surface area contributed by atoms with E-state index >= 15 is 0 Å². The fourth-order valence-electron chi connectivity index (χ4n) is 1.76. The van der Waals surface area contributed by atoms with Crippen molar-refractivity contribution in [3.63, 3.8) is 0 Å². The van der Waals surface area contributed by atoms with E-state index in [9.17, 15) is 15.0 Å². The first-order valence-corrected chi connectivity index (χ1v) is 6.98. The maximum atomic E-state index is 11.1. The Balaban J connectivity index is 1.57. The van der Waals surface area contributed by atoms with Crippen molar-refractivity contribution < 1.29 is 73.2 Å². The summed E-state index contributed by atoms with van der Waals surface area (Å²) in [5.41, 5.74) is 0. The second-order valence-corrected chi connectivity index (χ2v) is 4.68. The van der Waals surface area contributed by atoms with Gasteiger partial charge in [0.2, 0.25) is 24.2 Å². The van der Waals surface area contributed by atoms with Gasteiger partial charge in [-0.25, -0.2) is 0 Å². The van der Waals surface area contributed by atoms with Crippen molar-refractivity contribution in [2.75, 3.05) is 40.4 Å². The summed E-state index contributed by atoms with van der Waals surface area (Å²) in [5.74, 6) is -3.75. The Morgan fingerprint density at radius 1 is 0.885 bits per heavy atom. The van der Waals surface area contributed by atoms with Crippen LogP contribution >= 0.6 is 0 Å². The van der Waals surface area contributed by atoms with Gasteiger partial charge < -0.3 is 48.8 Å². The van der Waals surface area contributed by atoms with E-state index in [4.69, 9.17) is 29.2 Å². The highest BCUT2D eigenvalue weighted by Gasteiger charge is 2.47. The fraction of sp³-hybridized carbons (Fsp3) is 0.909. The molecule has 0 aromatic rings. The number of ether oxygens (including phenoxy) is 6. The Hall–Kier alpha value is -1.21. The molecule has 4 N–H and O–H groups in total. The van der Waals surface area contributed by atoms with E-state index in [-0.39, 0.29) is 13.6 Å². The highest BCUT2D eigenvalue weighted by molar-refractivity contribution is 5.58. The van der Waals surface area contributed by atoms with Gasteiger partial charge in [-0.15, -0.1) is 0 Å². The van der Waals surface area contributed by atoms with Crippen molar-refractivity contribution in [1.29, 1.82) is 0 Å². The van der Waals surface area contributed by atoms with E-state index < -0.39 is 57.1 Å². The lowest BCUT2D eigenvalue weighted by Gasteiger charge is -2.26. The number of aliphatic hydroxyl groups is 4. The van der Waals surface area contributed by atoms with Gasteiger partial charge in [0, 0.05) is 0 Å². The van der Waals surface area contributed by atoms with Crippen LogP contribution in [0.25, 0.3) is 0 Å². The van der Waals surface area contributed by atoms with Crippen molar-refractivity contribution >= 4 is 6.16 Å². The van der Waals surface area contributed by atoms with Crippen LogP contribution in [0.4, 0.5) is 4.79 Å². The molecule has 152 valence electrons. The highest BCUT2D eigenvalue weighted by Crippen LogP contribution is 2.26. The van der Waals surface area contributed by atoms with Crippen molar-refractivity contribution in [3.8, 4) is 0 Å². The fourth-order valence-corrected chi connectivity index (χ4v) is 1.76. The number of hydrogen-bond acceptors (Lipinski definition) is 15. The standard InChI is InChI=1S/C11H18O15/c12-1-10(7(14)17-3-19-10)21-5-23-25-9(16)26-24-6-22-11(2-13)8(15)18-4-20-11/h7-8,12-15H,1-6H2. The molecular formula is C11H18O15. The highest BCUT2D eigenvalue weighted by atomic mass is 17.3. The van der Waals surface area contributed by atoms with Crippen molar-refractivity contribution in [1.82, 2.24) is 0 Å². The minimum Gasteiger partial charge on any atom is -0.391 e. The lowest BCUT2D eigenvalue weighted by Crippen LogP contribution is -2.46. The zero-order valence-corrected chi connectivity index (χ0v) is 13.2. The molecule has 0 aromatic carbocycles. The number of aliphatic hydroxyl groups excluding tert-OH is 4. The molecular weight excluding hydrogens is 372 g/mol. The summed E-state index contributed by atoms with van der Waals surface area (Å²) in [5, 5.41) is 37.1. The molecule has 2 aliphatic heterocycles. The van der Waals surface area contributed by atoms with E-state index in [2.05, 4.69) is 29.0 Å². The summed E-state index contributed by atoms with van der Waals surface area (Å²) < 4.78 is 28.8. The van der Waals surface area contributed by atoms with Gasteiger partial charge in [0.05, 0.1) is 0 Å². The molecule has 2 heterocycles. The van der Waals surface area contributed by atoms with Crippen molar-refractivity contribution in [2.45, 2.75) is 24.2 Å². The third kappa shape index (κ3) is 4.94. The summed E-state index contributed by atoms with van der Waals surface area (Å²) in [6.07, 6.45) is -4.61. The summed E-state index contributed by atoms with van der Waals surface area (Å²) in [7, 11) is 0. The molecule has 26 heavy (non-hydrogen) atoms.